The molecule has 7 aromatic rings. The van der Waals surface area contributed by atoms with Gasteiger partial charge in [0.15, 0.2) is 0 Å². The second-order valence-corrected chi connectivity index (χ2v) is 13.8. The number of rotatable bonds is 12. The summed E-state index contributed by atoms with van der Waals surface area (Å²) in [7, 11) is 3.81. The van der Waals surface area contributed by atoms with Crippen LogP contribution in [0.15, 0.2) is 116 Å². The lowest BCUT2D eigenvalue weighted by Gasteiger charge is -2.16. The lowest BCUT2D eigenvalue weighted by Crippen LogP contribution is -2.13. The third-order valence-corrected chi connectivity index (χ3v) is 9.12. The maximum absolute atomic E-state index is 13.6. The molecule has 0 saturated carbocycles. The summed E-state index contributed by atoms with van der Waals surface area (Å²) in [5, 5.41) is 30.0. The maximum Gasteiger partial charge on any atom is 0.248 e. The van der Waals surface area contributed by atoms with Crippen LogP contribution in [0.5, 0.6) is 11.5 Å². The molecule has 5 N–H and O–H groups in total. The second kappa shape index (κ2) is 18.8. The van der Waals surface area contributed by atoms with E-state index in [1.807, 2.05) is 62.3 Å². The quantitative estimate of drug-likeness (QED) is 0.0752. The lowest BCUT2D eigenvalue weighted by molar-refractivity contribution is -0.111. The van der Waals surface area contributed by atoms with Gasteiger partial charge in [-0.15, -0.1) is 0 Å². The van der Waals surface area contributed by atoms with Crippen molar-refractivity contribution in [2.45, 2.75) is 19.9 Å². The molecule has 3 aromatic heterocycles. The number of phenols is 1. The van der Waals surface area contributed by atoms with Crippen molar-refractivity contribution >= 4 is 62.3 Å². The third-order valence-electron chi connectivity index (χ3n) is 8.83. The number of nitrogens with zero attached hydrogens (tertiary/aromatic N) is 5. The highest BCUT2D eigenvalue weighted by atomic mass is 35.5. The normalized spacial score (nSPS) is 11.6. The first-order valence-electron chi connectivity index (χ1n) is 18.3. The van der Waals surface area contributed by atoms with E-state index in [0.717, 1.165) is 28.1 Å². The van der Waals surface area contributed by atoms with Gasteiger partial charge >= 0.3 is 0 Å². The number of aromatic nitrogens is 4. The number of likely N-dealkylation sites (N-methyl/N-ethyl adjacent to an activating group) is 1. The maximum atomic E-state index is 13.6. The predicted molar refractivity (Wildman–Crippen MR) is 228 cm³/mol. The fourth-order valence-electron chi connectivity index (χ4n) is 5.96. The minimum absolute atomic E-state index is 0.0482. The van der Waals surface area contributed by atoms with Crippen molar-refractivity contribution in [3.63, 3.8) is 0 Å². The molecule has 12 nitrogen and oxygen atoms in total. The molecule has 58 heavy (non-hydrogen) atoms. The monoisotopic (exact) mass is 797 g/mol. The van der Waals surface area contributed by atoms with Gasteiger partial charge in [0, 0.05) is 47.7 Å². The van der Waals surface area contributed by atoms with Crippen LogP contribution in [0.2, 0.25) is 5.02 Å². The van der Waals surface area contributed by atoms with E-state index in [9.17, 15) is 19.6 Å². The fourth-order valence-corrected chi connectivity index (χ4v) is 6.14. The molecule has 0 radical (unpaired) electrons. The number of aromatic hydroxyl groups is 1. The number of phenolic OH excluding ortho intramolecular Hbond substituents is 1. The molecule has 294 valence electrons. The molecular formula is C44H41ClFN9O3. The molecule has 1 atom stereocenters. The van der Waals surface area contributed by atoms with Crippen molar-refractivity contribution in [1.82, 2.24) is 24.8 Å². The van der Waals surface area contributed by atoms with Gasteiger partial charge in [0.05, 0.1) is 39.5 Å². The number of amides is 1. The van der Waals surface area contributed by atoms with E-state index in [2.05, 4.69) is 61.0 Å². The molecule has 14 heteroatoms. The third kappa shape index (κ3) is 10.0. The Balaban J connectivity index is 0.000000202. The Labute approximate surface area is 340 Å². The van der Waals surface area contributed by atoms with Gasteiger partial charge < -0.3 is 35.7 Å². The van der Waals surface area contributed by atoms with Gasteiger partial charge in [0.25, 0.3) is 0 Å². The number of carbonyl (C=O) groups excluding carboxylic acids is 1. The van der Waals surface area contributed by atoms with Gasteiger partial charge in [-0.25, -0.2) is 14.4 Å². The molecule has 0 aliphatic heterocycles. The SMILES string of the molecule is CCOc1cc2ncc(C#N)c(Nc3ccc(F)c(Cl)c3)c2cc1NC(=O)C=CCN(C)C.C[C@@H](Nc1ncnc2[nH]c(-c3ccc(O)cc3)cc12)c1ccccc1. The van der Waals surface area contributed by atoms with Crippen molar-refractivity contribution in [3.05, 3.63) is 138 Å². The highest BCUT2D eigenvalue weighted by molar-refractivity contribution is 6.31. The van der Waals surface area contributed by atoms with Crippen LogP contribution in [0.4, 0.5) is 27.3 Å². The number of anilines is 4. The van der Waals surface area contributed by atoms with Crippen LogP contribution in [0.1, 0.15) is 31.0 Å². The number of halogens is 2. The molecule has 0 bridgehead atoms. The lowest BCUT2D eigenvalue weighted by atomic mass is 10.1. The summed E-state index contributed by atoms with van der Waals surface area (Å²) in [6.07, 6.45) is 6.19. The minimum atomic E-state index is -0.545. The number of H-pyrrole nitrogens is 1. The Morgan fingerprint density at radius 1 is 1.03 bits per heavy atom. The summed E-state index contributed by atoms with van der Waals surface area (Å²) >= 11 is 5.91. The van der Waals surface area contributed by atoms with Crippen LogP contribution in [0.3, 0.4) is 0 Å². The van der Waals surface area contributed by atoms with Gasteiger partial charge in [-0.2, -0.15) is 5.26 Å². The van der Waals surface area contributed by atoms with Gasteiger partial charge in [-0.1, -0.05) is 48.0 Å². The van der Waals surface area contributed by atoms with Crippen molar-refractivity contribution < 1.29 is 19.0 Å². The number of hydrogen-bond acceptors (Lipinski definition) is 10. The second-order valence-electron chi connectivity index (χ2n) is 13.4. The van der Waals surface area contributed by atoms with Gasteiger partial charge in [0.1, 0.15) is 41.2 Å². The zero-order valence-electron chi connectivity index (χ0n) is 32.2. The average molecular weight is 798 g/mol. The van der Waals surface area contributed by atoms with Crippen molar-refractivity contribution in [2.75, 3.05) is 43.2 Å². The Kier molecular flexibility index (Phi) is 13.1. The molecule has 0 saturated heterocycles. The zero-order valence-corrected chi connectivity index (χ0v) is 33.0. The summed E-state index contributed by atoms with van der Waals surface area (Å²) in [6.45, 7) is 4.95. The molecule has 0 spiro atoms. The first kappa shape index (κ1) is 40.6. The smallest absolute Gasteiger partial charge is 0.248 e. The first-order chi connectivity index (χ1) is 28.0. The number of nitrogens with one attached hydrogen (secondary N) is 4. The van der Waals surface area contributed by atoms with Gasteiger partial charge in [0.2, 0.25) is 5.91 Å². The Hall–Kier alpha value is -7.01. The van der Waals surface area contributed by atoms with Crippen LogP contribution in [-0.4, -0.2) is 63.1 Å². The summed E-state index contributed by atoms with van der Waals surface area (Å²) in [4.78, 5) is 30.8. The number of benzene rings is 4. The van der Waals surface area contributed by atoms with Crippen molar-refractivity contribution in [1.29, 1.82) is 5.26 Å². The molecule has 0 fully saturated rings. The average Bonchev–Trinajstić information content (AvgIpc) is 3.66. The Bertz CT molecular complexity index is 2610. The predicted octanol–water partition coefficient (Wildman–Crippen LogP) is 9.60. The van der Waals surface area contributed by atoms with E-state index in [1.165, 1.54) is 36.0 Å². The first-order valence-corrected chi connectivity index (χ1v) is 18.7. The number of pyridine rings is 1. The Morgan fingerprint density at radius 3 is 2.52 bits per heavy atom. The Morgan fingerprint density at radius 2 is 1.81 bits per heavy atom. The van der Waals surface area contributed by atoms with Crippen LogP contribution < -0.4 is 20.7 Å². The minimum Gasteiger partial charge on any atom is -0.508 e. The topological polar surface area (TPSA) is 164 Å². The van der Waals surface area contributed by atoms with Crippen molar-refractivity contribution in [2.24, 2.45) is 0 Å². The van der Waals surface area contributed by atoms with E-state index in [-0.39, 0.29) is 28.3 Å². The van der Waals surface area contributed by atoms with E-state index >= 15 is 0 Å². The molecule has 3 heterocycles. The molecule has 0 aliphatic carbocycles. The summed E-state index contributed by atoms with van der Waals surface area (Å²) < 4.78 is 19.3. The largest absolute Gasteiger partial charge is 0.508 e. The van der Waals surface area contributed by atoms with Gasteiger partial charge in [-0.3, -0.25) is 9.78 Å². The standard InChI is InChI=1S/C24H23ClFN5O2.C20H18N4O/c1-4-33-22-12-20-17(11-21(22)30-23(32)6-5-9-31(2)3)24(15(13-27)14-28-20)29-16-7-8-19(26)18(25)10-16;1-13(14-5-3-2-4-6-14)23-19-17-11-18(24-20(17)22-12-21-19)15-7-9-16(25)10-8-15/h5-8,10-12,14H,4,9H2,1-3H3,(H,28,29)(H,30,32);2-13,25H,1H3,(H2,21,22,23,24)/t;13-/m.1/s1. The number of ether oxygens (including phenoxy) is 1. The summed E-state index contributed by atoms with van der Waals surface area (Å²) in [6, 6.07) is 29.2. The van der Waals surface area contributed by atoms with Gasteiger partial charge in [-0.05, 0) is 93.7 Å². The van der Waals surface area contributed by atoms with Crippen LogP contribution in [0, 0.1) is 17.1 Å². The number of fused-ring (bicyclic) bond motifs is 2. The fraction of sp³-hybridized carbons (Fsp3) is 0.159. The van der Waals surface area contributed by atoms with Crippen LogP contribution in [0.25, 0.3) is 33.2 Å². The van der Waals surface area contributed by atoms with Crippen molar-refractivity contribution in [3.8, 4) is 28.8 Å². The molecule has 7 rings (SSSR count). The van der Waals surface area contributed by atoms with E-state index < -0.39 is 5.82 Å². The highest BCUT2D eigenvalue weighted by Gasteiger charge is 2.16. The molecule has 4 aromatic carbocycles. The number of carbonyl (C=O) groups is 1. The highest BCUT2D eigenvalue weighted by Crippen LogP contribution is 2.37. The number of aromatic amines is 1. The summed E-state index contributed by atoms with van der Waals surface area (Å²) in [5.41, 5.74) is 6.10. The molecular weight excluding hydrogens is 757 g/mol. The van der Waals surface area contributed by atoms with Crippen LogP contribution >= 0.6 is 11.6 Å². The molecule has 0 unspecified atom stereocenters. The van der Waals surface area contributed by atoms with E-state index in [0.29, 0.717) is 46.9 Å². The van der Waals surface area contributed by atoms with E-state index in [4.69, 9.17) is 16.3 Å². The number of nitriles is 1. The van der Waals surface area contributed by atoms with E-state index in [1.54, 1.807) is 36.7 Å². The molecule has 1 amide bonds. The molecule has 0 aliphatic rings. The van der Waals surface area contributed by atoms with Crippen LogP contribution in [-0.2, 0) is 4.79 Å². The zero-order chi connectivity index (χ0) is 41.2. The summed E-state index contributed by atoms with van der Waals surface area (Å²) in [5.74, 6) is 0.631. The number of hydrogen-bond donors (Lipinski definition) is 5.